The Balaban J connectivity index is 1.87. The molecule has 0 saturated heterocycles. The van der Waals surface area contributed by atoms with Crippen molar-refractivity contribution in [3.8, 4) is 0 Å². The van der Waals surface area contributed by atoms with Crippen LogP contribution in [0.3, 0.4) is 0 Å². The summed E-state index contributed by atoms with van der Waals surface area (Å²) in [6.45, 7) is 0. The number of hydrogen-bond donors (Lipinski definition) is 3. The van der Waals surface area contributed by atoms with Gasteiger partial charge in [-0.1, -0.05) is 18.2 Å². The monoisotopic (exact) mass is 361 g/mol. The summed E-state index contributed by atoms with van der Waals surface area (Å²) < 4.78 is 0. The first-order chi connectivity index (χ1) is 13.0. The Hall–Kier alpha value is -3.74. The van der Waals surface area contributed by atoms with E-state index in [9.17, 15) is 9.59 Å². The van der Waals surface area contributed by atoms with Gasteiger partial charge in [0, 0.05) is 37.1 Å². The lowest BCUT2D eigenvalue weighted by molar-refractivity contribution is 0.0827. The smallest absolute Gasteiger partial charge is 0.258 e. The zero-order valence-corrected chi connectivity index (χ0v) is 15.0. The molecule has 7 nitrogen and oxygen atoms in total. The predicted octanol–water partition coefficient (Wildman–Crippen LogP) is 3.67. The molecule has 0 fully saturated rings. The summed E-state index contributed by atoms with van der Waals surface area (Å²) in [5.74, 6) is -0.0818. The number of rotatable bonds is 5. The summed E-state index contributed by atoms with van der Waals surface area (Å²) in [6.07, 6.45) is 1.50. The highest BCUT2D eigenvalue weighted by Gasteiger charge is 2.09. The Labute approximate surface area is 155 Å². The van der Waals surface area contributed by atoms with Crippen LogP contribution in [0, 0.1) is 5.53 Å². The van der Waals surface area contributed by atoms with Gasteiger partial charge in [-0.05, 0) is 41.8 Å². The lowest BCUT2D eigenvalue weighted by Gasteiger charge is -2.10. The minimum Gasteiger partial charge on any atom is -0.360 e. The van der Waals surface area contributed by atoms with Crippen LogP contribution in [-0.2, 0) is 0 Å². The highest BCUT2D eigenvalue weighted by atomic mass is 16.2. The predicted molar refractivity (Wildman–Crippen MR) is 106 cm³/mol. The van der Waals surface area contributed by atoms with Gasteiger partial charge in [-0.25, -0.2) is 5.53 Å². The van der Waals surface area contributed by atoms with Crippen molar-refractivity contribution in [3.05, 3.63) is 82.3 Å². The molecule has 3 rings (SSSR count). The molecule has 0 unspecified atom stereocenters. The fraction of sp³-hybridized carbons (Fsp3) is 0.100. The Bertz CT molecular complexity index is 1080. The van der Waals surface area contributed by atoms with E-state index in [0.717, 1.165) is 10.9 Å². The van der Waals surface area contributed by atoms with Gasteiger partial charge in [-0.3, -0.25) is 9.59 Å². The number of carbonyl (C=O) groups excluding carboxylic acids is 1. The van der Waals surface area contributed by atoms with Crippen LogP contribution >= 0.6 is 0 Å². The highest BCUT2D eigenvalue weighted by molar-refractivity contribution is 5.94. The molecule has 1 amide bonds. The number of para-hydroxylation sites is 1. The Kier molecular flexibility index (Phi) is 5.12. The molecule has 1 heterocycles. The summed E-state index contributed by atoms with van der Waals surface area (Å²) in [5.41, 5.74) is 9.62. The summed E-state index contributed by atoms with van der Waals surface area (Å²) >= 11 is 0. The first kappa shape index (κ1) is 18.1. The number of aromatic amines is 1. The van der Waals surface area contributed by atoms with Gasteiger partial charge in [0.2, 0.25) is 0 Å². The maximum Gasteiger partial charge on any atom is 0.258 e. The average Bonchev–Trinajstić information content (AvgIpc) is 2.68. The van der Waals surface area contributed by atoms with Gasteiger partial charge in [0.25, 0.3) is 11.5 Å². The zero-order valence-electron chi connectivity index (χ0n) is 15.0. The summed E-state index contributed by atoms with van der Waals surface area (Å²) in [7, 11) is 3.39. The number of carbonyl (C=O) groups is 1. The van der Waals surface area contributed by atoms with E-state index in [0.29, 0.717) is 16.8 Å². The first-order valence-corrected chi connectivity index (χ1v) is 8.28. The van der Waals surface area contributed by atoms with Crippen molar-refractivity contribution < 1.29 is 4.79 Å². The molecule has 0 radical (unpaired) electrons. The van der Waals surface area contributed by atoms with Crippen LogP contribution < -0.4 is 10.9 Å². The topological polar surface area (TPSA) is 101 Å². The van der Waals surface area contributed by atoms with Gasteiger partial charge in [0.1, 0.15) is 5.70 Å². The quantitative estimate of drug-likeness (QED) is 0.604. The van der Waals surface area contributed by atoms with E-state index >= 15 is 0 Å². The van der Waals surface area contributed by atoms with E-state index < -0.39 is 0 Å². The van der Waals surface area contributed by atoms with Gasteiger partial charge in [0.15, 0.2) is 0 Å². The van der Waals surface area contributed by atoms with Gasteiger partial charge in [-0.2, -0.15) is 5.11 Å². The number of nitrogens with zero attached hydrogens (tertiary/aromatic N) is 2. The number of anilines is 1. The summed E-state index contributed by atoms with van der Waals surface area (Å²) in [6, 6.07) is 16.0. The van der Waals surface area contributed by atoms with Gasteiger partial charge >= 0.3 is 0 Å². The van der Waals surface area contributed by atoms with Crippen LogP contribution in [0.25, 0.3) is 16.6 Å². The molecule has 7 heteroatoms. The number of H-pyrrole nitrogens is 1. The number of nitrogens with one attached hydrogen (secondary N) is 3. The van der Waals surface area contributed by atoms with Gasteiger partial charge in [-0.15, -0.1) is 0 Å². The molecular formula is C20H19N5O2. The molecule has 136 valence electrons. The average molecular weight is 361 g/mol. The second-order valence-electron chi connectivity index (χ2n) is 6.16. The van der Waals surface area contributed by atoms with Gasteiger partial charge in [0.05, 0.1) is 5.56 Å². The largest absolute Gasteiger partial charge is 0.360 e. The highest BCUT2D eigenvalue weighted by Crippen LogP contribution is 2.18. The van der Waals surface area contributed by atoms with Crippen molar-refractivity contribution in [1.82, 2.24) is 9.88 Å². The lowest BCUT2D eigenvalue weighted by Crippen LogP contribution is -2.21. The van der Waals surface area contributed by atoms with Gasteiger partial charge < -0.3 is 15.2 Å². The SMILES string of the molecule is CN(C)C(=O)c1ccc(N/C=C(\N=N)c2cc3ccccc3[nH]c2=O)cc1. The summed E-state index contributed by atoms with van der Waals surface area (Å²) in [5, 5.41) is 7.34. The minimum atomic E-state index is -0.315. The van der Waals surface area contributed by atoms with Crippen molar-refractivity contribution in [2.24, 2.45) is 5.11 Å². The molecule has 0 aliphatic carbocycles. The van der Waals surface area contributed by atoms with E-state index in [1.54, 1.807) is 44.4 Å². The van der Waals surface area contributed by atoms with Crippen molar-refractivity contribution in [3.63, 3.8) is 0 Å². The third-order valence-corrected chi connectivity index (χ3v) is 4.06. The normalized spacial score (nSPS) is 11.3. The van der Waals surface area contributed by atoms with E-state index in [1.807, 2.05) is 24.3 Å². The third-order valence-electron chi connectivity index (χ3n) is 4.06. The number of amides is 1. The van der Waals surface area contributed by atoms with Crippen LogP contribution in [0.1, 0.15) is 15.9 Å². The molecule has 0 saturated carbocycles. The zero-order chi connectivity index (χ0) is 19.4. The number of aromatic nitrogens is 1. The molecule has 0 aliphatic rings. The number of pyridine rings is 1. The maximum absolute atomic E-state index is 12.3. The van der Waals surface area contributed by atoms with Crippen molar-refractivity contribution in [2.75, 3.05) is 19.4 Å². The van der Waals surface area contributed by atoms with Crippen LogP contribution in [0.4, 0.5) is 5.69 Å². The fourth-order valence-electron chi connectivity index (χ4n) is 2.63. The van der Waals surface area contributed by atoms with E-state index in [1.165, 1.54) is 11.1 Å². The molecule has 0 atom stereocenters. The molecule has 0 spiro atoms. The number of fused-ring (bicyclic) bond motifs is 1. The molecule has 2 aromatic carbocycles. The third kappa shape index (κ3) is 3.92. The maximum atomic E-state index is 12.3. The van der Waals surface area contributed by atoms with Crippen LogP contribution in [0.2, 0.25) is 0 Å². The van der Waals surface area contributed by atoms with Crippen LogP contribution in [-0.4, -0.2) is 29.9 Å². The van der Waals surface area contributed by atoms with E-state index in [-0.39, 0.29) is 17.2 Å². The number of benzene rings is 2. The second-order valence-corrected chi connectivity index (χ2v) is 6.16. The molecular weight excluding hydrogens is 342 g/mol. The fourth-order valence-corrected chi connectivity index (χ4v) is 2.63. The van der Waals surface area contributed by atoms with Crippen molar-refractivity contribution in [1.29, 1.82) is 5.53 Å². The van der Waals surface area contributed by atoms with E-state index in [2.05, 4.69) is 15.4 Å². The Morgan fingerprint density at radius 3 is 2.52 bits per heavy atom. The first-order valence-electron chi connectivity index (χ1n) is 8.28. The molecule has 1 aromatic heterocycles. The molecule has 27 heavy (non-hydrogen) atoms. The van der Waals surface area contributed by atoms with E-state index in [4.69, 9.17) is 5.53 Å². The second kappa shape index (κ2) is 7.65. The molecule has 0 aliphatic heterocycles. The Morgan fingerprint density at radius 1 is 1.15 bits per heavy atom. The van der Waals surface area contributed by atoms with Crippen molar-refractivity contribution in [2.45, 2.75) is 0 Å². The molecule has 3 N–H and O–H groups in total. The molecule has 3 aromatic rings. The minimum absolute atomic E-state index is 0.0818. The number of hydrogen-bond acceptors (Lipinski definition) is 5. The Morgan fingerprint density at radius 2 is 1.85 bits per heavy atom. The summed E-state index contributed by atoms with van der Waals surface area (Å²) in [4.78, 5) is 28.5. The lowest BCUT2D eigenvalue weighted by atomic mass is 10.1. The van der Waals surface area contributed by atoms with Crippen LogP contribution in [0.15, 0.2) is 70.7 Å². The van der Waals surface area contributed by atoms with Crippen LogP contribution in [0.5, 0.6) is 0 Å². The van der Waals surface area contributed by atoms with Crippen molar-refractivity contribution >= 4 is 28.2 Å². The standard InChI is InChI=1S/C20H19N5O2/c1-25(2)20(27)13-7-9-15(10-8-13)22-12-18(24-21)16-11-14-5-3-4-6-17(14)23-19(16)26/h3-12,21-22H,1-2H3,(H,23,26)/b18-12-,24-21?. The molecule has 0 bridgehead atoms.